The Morgan fingerprint density at radius 2 is 2.12 bits per heavy atom. The van der Waals surface area contributed by atoms with Crippen molar-refractivity contribution in [3.63, 3.8) is 0 Å². The summed E-state index contributed by atoms with van der Waals surface area (Å²) in [4.78, 5) is 15.3. The van der Waals surface area contributed by atoms with Crippen LogP contribution < -0.4 is 16.9 Å². The Hall–Kier alpha value is -2.04. The second-order valence-electron chi connectivity index (χ2n) is 3.77. The minimum atomic E-state index is -0.358. The van der Waals surface area contributed by atoms with Crippen molar-refractivity contribution >= 4 is 19.1 Å². The van der Waals surface area contributed by atoms with E-state index in [1.807, 2.05) is 33.0 Å². The van der Waals surface area contributed by atoms with Crippen LogP contribution in [0.1, 0.15) is 5.56 Å². The average molecular weight is 213 g/mol. The first-order valence-corrected chi connectivity index (χ1v) is 5.01. The van der Waals surface area contributed by atoms with Crippen LogP contribution >= 0.6 is 0 Å². The van der Waals surface area contributed by atoms with Crippen LogP contribution in [0.4, 0.5) is 5.82 Å². The molecule has 0 radical (unpaired) electrons. The lowest BCUT2D eigenvalue weighted by Gasteiger charge is -2.07. The van der Waals surface area contributed by atoms with Crippen molar-refractivity contribution < 1.29 is 0 Å². The third-order valence-electron chi connectivity index (χ3n) is 2.59. The fraction of sp³-hybridized carbons (Fsp3) is 0.0909. The molecule has 0 aliphatic carbocycles. The van der Waals surface area contributed by atoms with E-state index in [0.717, 1.165) is 11.2 Å². The van der Waals surface area contributed by atoms with Crippen LogP contribution in [0, 0.1) is 6.92 Å². The van der Waals surface area contributed by atoms with Gasteiger partial charge in [0.05, 0.1) is 0 Å². The van der Waals surface area contributed by atoms with Gasteiger partial charge in [-0.15, -0.1) is 0 Å². The van der Waals surface area contributed by atoms with E-state index in [1.165, 1.54) is 10.1 Å². The summed E-state index contributed by atoms with van der Waals surface area (Å²) in [7, 11) is 2.01. The summed E-state index contributed by atoms with van der Waals surface area (Å²) in [6.45, 7) is 2.03. The molecule has 4 nitrogen and oxygen atoms in total. The number of nitrogens with zero attached hydrogens (tertiary/aromatic N) is 2. The normalized spacial score (nSPS) is 10.3. The maximum absolute atomic E-state index is 11.6. The Bertz CT molecular complexity index is 592. The molecule has 16 heavy (non-hydrogen) atoms. The van der Waals surface area contributed by atoms with Crippen molar-refractivity contribution in [2.24, 2.45) is 0 Å². The van der Waals surface area contributed by atoms with E-state index in [0.29, 0.717) is 0 Å². The highest BCUT2D eigenvalue weighted by Gasteiger charge is 2.02. The third-order valence-corrected chi connectivity index (χ3v) is 2.59. The fourth-order valence-electron chi connectivity index (χ4n) is 1.49. The van der Waals surface area contributed by atoms with E-state index in [9.17, 15) is 4.79 Å². The number of aromatic nitrogens is 2. The molecule has 0 atom stereocenters. The van der Waals surface area contributed by atoms with Gasteiger partial charge in [-0.05, 0) is 25.1 Å². The van der Waals surface area contributed by atoms with Gasteiger partial charge in [-0.25, -0.2) is 4.79 Å². The molecule has 2 N–H and O–H groups in total. The molecule has 0 fully saturated rings. The number of rotatable bonds is 1. The fourth-order valence-corrected chi connectivity index (χ4v) is 1.49. The quantitative estimate of drug-likeness (QED) is 0.642. The van der Waals surface area contributed by atoms with Gasteiger partial charge in [0.1, 0.15) is 13.7 Å². The number of nitrogen functional groups attached to an aromatic ring is 1. The Labute approximate surface area is 94.2 Å². The van der Waals surface area contributed by atoms with E-state index >= 15 is 0 Å². The van der Waals surface area contributed by atoms with Crippen molar-refractivity contribution in [3.8, 4) is 5.69 Å². The molecule has 2 rings (SSSR count). The highest BCUT2D eigenvalue weighted by Crippen LogP contribution is 2.04. The largest absolute Gasteiger partial charge is 0.383 e. The van der Waals surface area contributed by atoms with Gasteiger partial charge in [0.15, 0.2) is 0 Å². The van der Waals surface area contributed by atoms with Crippen LogP contribution in [0.25, 0.3) is 5.69 Å². The van der Waals surface area contributed by atoms with Crippen molar-refractivity contribution in [3.05, 3.63) is 46.5 Å². The third kappa shape index (κ3) is 1.84. The van der Waals surface area contributed by atoms with Crippen molar-refractivity contribution in [1.29, 1.82) is 0 Å². The monoisotopic (exact) mass is 213 g/mol. The van der Waals surface area contributed by atoms with Crippen molar-refractivity contribution in [1.82, 2.24) is 9.55 Å². The van der Waals surface area contributed by atoms with Crippen LogP contribution in [-0.2, 0) is 0 Å². The predicted octanol–water partition coefficient (Wildman–Crippen LogP) is -0.618. The lowest BCUT2D eigenvalue weighted by atomic mass is 9.91. The number of hydrogen-bond donors (Lipinski definition) is 1. The van der Waals surface area contributed by atoms with Crippen molar-refractivity contribution in [2.45, 2.75) is 6.92 Å². The number of aryl methyl sites for hydroxylation is 1. The SMILES string of the molecule is Bc1cc(-n2ccc(N)nc2=O)ccc1C. The van der Waals surface area contributed by atoms with Crippen LogP contribution in [0.2, 0.25) is 0 Å². The number of hydrogen-bond acceptors (Lipinski definition) is 3. The molecule has 5 heteroatoms. The van der Waals surface area contributed by atoms with Gasteiger partial charge < -0.3 is 5.73 Å². The molecular formula is C11H12BN3O. The summed E-state index contributed by atoms with van der Waals surface area (Å²) in [5.74, 6) is 0.241. The van der Waals surface area contributed by atoms with Gasteiger partial charge in [-0.1, -0.05) is 17.1 Å². The second kappa shape index (κ2) is 3.85. The Morgan fingerprint density at radius 3 is 2.75 bits per heavy atom. The smallest absolute Gasteiger partial charge is 0.354 e. The van der Waals surface area contributed by atoms with Gasteiger partial charge in [0, 0.05) is 11.9 Å². The highest BCUT2D eigenvalue weighted by molar-refractivity contribution is 6.33. The van der Waals surface area contributed by atoms with Crippen LogP contribution in [0.5, 0.6) is 0 Å². The summed E-state index contributed by atoms with van der Waals surface area (Å²) < 4.78 is 1.48. The Kier molecular flexibility index (Phi) is 2.52. The molecule has 1 heterocycles. The zero-order chi connectivity index (χ0) is 11.7. The standard InChI is InChI=1S/C11H12BN3O/c1-7-2-3-8(6-9(7)12)15-5-4-10(13)14-11(15)16/h2-6H,12H2,1H3,(H2,13,14,16). The summed E-state index contributed by atoms with van der Waals surface area (Å²) >= 11 is 0. The van der Waals surface area contributed by atoms with Crippen LogP contribution in [0.15, 0.2) is 35.3 Å². The number of benzene rings is 1. The van der Waals surface area contributed by atoms with Gasteiger partial charge in [0.25, 0.3) is 0 Å². The van der Waals surface area contributed by atoms with Gasteiger partial charge in [-0.3, -0.25) is 4.57 Å². The van der Waals surface area contributed by atoms with E-state index in [4.69, 9.17) is 5.73 Å². The molecule has 0 amide bonds. The Morgan fingerprint density at radius 1 is 1.38 bits per heavy atom. The van der Waals surface area contributed by atoms with Crippen LogP contribution in [0.3, 0.4) is 0 Å². The van der Waals surface area contributed by atoms with Gasteiger partial charge in [-0.2, -0.15) is 4.98 Å². The lowest BCUT2D eigenvalue weighted by molar-refractivity contribution is 0.920. The van der Waals surface area contributed by atoms with Crippen molar-refractivity contribution in [2.75, 3.05) is 5.73 Å². The van der Waals surface area contributed by atoms with E-state index in [1.54, 1.807) is 12.3 Å². The average Bonchev–Trinajstić information content (AvgIpc) is 2.22. The predicted molar refractivity (Wildman–Crippen MR) is 67.2 cm³/mol. The molecular weight excluding hydrogens is 201 g/mol. The first kappa shape index (κ1) is 10.5. The first-order valence-electron chi connectivity index (χ1n) is 5.01. The molecule has 0 saturated carbocycles. The summed E-state index contributed by atoms with van der Waals surface area (Å²) in [5.41, 5.74) is 8.22. The molecule has 0 bridgehead atoms. The summed E-state index contributed by atoms with van der Waals surface area (Å²) in [6, 6.07) is 7.43. The maximum atomic E-state index is 11.6. The molecule has 80 valence electrons. The molecule has 0 aliphatic heterocycles. The topological polar surface area (TPSA) is 60.9 Å². The zero-order valence-electron chi connectivity index (χ0n) is 9.27. The number of nitrogens with two attached hydrogens (primary N) is 1. The van der Waals surface area contributed by atoms with Crippen LogP contribution in [-0.4, -0.2) is 17.4 Å². The zero-order valence-corrected chi connectivity index (χ0v) is 9.27. The molecule has 0 aliphatic rings. The van der Waals surface area contributed by atoms with E-state index in [2.05, 4.69) is 4.98 Å². The Balaban J connectivity index is 2.59. The molecule has 1 aromatic carbocycles. The lowest BCUT2D eigenvalue weighted by Crippen LogP contribution is -2.22. The second-order valence-corrected chi connectivity index (χ2v) is 3.77. The molecule has 2 aromatic rings. The molecule has 1 aromatic heterocycles. The molecule has 0 unspecified atom stereocenters. The minimum absolute atomic E-state index is 0.241. The number of anilines is 1. The van der Waals surface area contributed by atoms with E-state index < -0.39 is 0 Å². The molecule has 0 spiro atoms. The first-order chi connectivity index (χ1) is 7.58. The summed E-state index contributed by atoms with van der Waals surface area (Å²) in [6.07, 6.45) is 1.63. The minimum Gasteiger partial charge on any atom is -0.383 e. The van der Waals surface area contributed by atoms with Gasteiger partial charge in [0.2, 0.25) is 0 Å². The van der Waals surface area contributed by atoms with E-state index in [-0.39, 0.29) is 11.5 Å². The molecule has 0 saturated heterocycles. The highest BCUT2D eigenvalue weighted by atomic mass is 16.1. The maximum Gasteiger partial charge on any atom is 0.354 e. The van der Waals surface area contributed by atoms with Gasteiger partial charge >= 0.3 is 5.69 Å². The summed E-state index contributed by atoms with van der Waals surface area (Å²) in [5, 5.41) is 0.